The first-order valence-electron chi connectivity index (χ1n) is 8.90. The van der Waals surface area contributed by atoms with Gasteiger partial charge in [0.25, 0.3) is 0 Å². The van der Waals surface area contributed by atoms with Gasteiger partial charge in [0, 0.05) is 12.2 Å². The van der Waals surface area contributed by atoms with Gasteiger partial charge in [-0.25, -0.2) is 0 Å². The molecule has 0 bridgehead atoms. The minimum Gasteiger partial charge on any atom is -0.381 e. The molecule has 3 rings (SSSR count). The first-order valence-corrected chi connectivity index (χ1v) is 10.7. The van der Waals surface area contributed by atoms with Crippen LogP contribution in [0.1, 0.15) is 11.1 Å². The Kier molecular flexibility index (Phi) is 6.95. The Balaban J connectivity index is 1.50. The summed E-state index contributed by atoms with van der Waals surface area (Å²) in [6.45, 7) is 1.20. The zero-order chi connectivity index (χ0) is 20.7. The van der Waals surface area contributed by atoms with Crippen LogP contribution in [0.5, 0.6) is 0 Å². The quantitative estimate of drug-likeness (QED) is 0.354. The zero-order valence-corrected chi connectivity index (χ0v) is 17.0. The van der Waals surface area contributed by atoms with E-state index in [2.05, 4.69) is 27.7 Å². The van der Waals surface area contributed by atoms with E-state index < -0.39 is 15.1 Å². The summed E-state index contributed by atoms with van der Waals surface area (Å²) in [7, 11) is -4.79. The van der Waals surface area contributed by atoms with Crippen LogP contribution in [0.25, 0.3) is 0 Å². The Hall–Kier alpha value is -2.77. The van der Waals surface area contributed by atoms with Crippen LogP contribution in [-0.4, -0.2) is 15.0 Å². The highest BCUT2D eigenvalue weighted by atomic mass is 35.5. The van der Waals surface area contributed by atoms with Gasteiger partial charge in [0.05, 0.1) is 11.6 Å². The lowest BCUT2D eigenvalue weighted by Gasteiger charge is -2.07. The third-order valence-electron chi connectivity index (χ3n) is 4.17. The van der Waals surface area contributed by atoms with Crippen molar-refractivity contribution in [3.05, 3.63) is 88.9 Å². The number of halogens is 2. The molecular weight excluding hydrogens is 413 g/mol. The topological polar surface area (TPSA) is 70.9 Å². The summed E-state index contributed by atoms with van der Waals surface area (Å²) in [5, 5.41) is 11.5. The number of azo groups is 1. The lowest BCUT2D eigenvalue weighted by molar-refractivity contribution is 0.552. The number of benzene rings is 3. The van der Waals surface area contributed by atoms with E-state index in [0.29, 0.717) is 18.7 Å². The van der Waals surface area contributed by atoms with Crippen LogP contribution in [0.15, 0.2) is 87.9 Å². The second kappa shape index (κ2) is 9.62. The maximum Gasteiger partial charge on any atom is 0.332 e. The molecule has 0 aromatic heterocycles. The van der Waals surface area contributed by atoms with Gasteiger partial charge in [-0.05, 0) is 47.9 Å². The predicted molar refractivity (Wildman–Crippen MR) is 113 cm³/mol. The SMILES string of the molecule is O=S(=O)(F)c1ccc(N=NCCc2ccc(NCc3ccccc3)cc2)c(Cl)c1. The summed E-state index contributed by atoms with van der Waals surface area (Å²) in [6, 6.07) is 21.7. The number of nitrogens with one attached hydrogen (secondary N) is 1. The van der Waals surface area contributed by atoms with Gasteiger partial charge in [-0.2, -0.15) is 18.6 Å². The molecular formula is C21H19ClFN3O2S. The molecule has 5 nitrogen and oxygen atoms in total. The van der Waals surface area contributed by atoms with Gasteiger partial charge >= 0.3 is 10.2 Å². The molecule has 0 saturated heterocycles. The minimum absolute atomic E-state index is 0.0290. The maximum absolute atomic E-state index is 12.9. The minimum atomic E-state index is -4.79. The van der Waals surface area contributed by atoms with E-state index in [1.54, 1.807) is 0 Å². The van der Waals surface area contributed by atoms with Crippen molar-refractivity contribution < 1.29 is 12.3 Å². The fourth-order valence-corrected chi connectivity index (χ4v) is 3.39. The van der Waals surface area contributed by atoms with E-state index in [0.717, 1.165) is 29.9 Å². The monoisotopic (exact) mass is 431 g/mol. The van der Waals surface area contributed by atoms with Gasteiger partial charge in [0.1, 0.15) is 10.6 Å². The summed E-state index contributed by atoms with van der Waals surface area (Å²) >= 11 is 5.93. The van der Waals surface area contributed by atoms with Crippen LogP contribution >= 0.6 is 11.6 Å². The summed E-state index contributed by atoms with van der Waals surface area (Å²) in [5.74, 6) is 0. The van der Waals surface area contributed by atoms with Gasteiger partial charge in [0.2, 0.25) is 0 Å². The Morgan fingerprint density at radius 1 is 0.931 bits per heavy atom. The molecule has 0 aliphatic heterocycles. The van der Waals surface area contributed by atoms with Crippen molar-refractivity contribution in [3.63, 3.8) is 0 Å². The number of hydrogen-bond acceptors (Lipinski definition) is 5. The van der Waals surface area contributed by atoms with Gasteiger partial charge in [-0.1, -0.05) is 54.1 Å². The summed E-state index contributed by atoms with van der Waals surface area (Å²) in [5.41, 5.74) is 3.65. The fraction of sp³-hybridized carbons (Fsp3) is 0.143. The largest absolute Gasteiger partial charge is 0.381 e. The van der Waals surface area contributed by atoms with Crippen LogP contribution in [0.4, 0.5) is 15.3 Å². The molecule has 3 aromatic carbocycles. The van der Waals surface area contributed by atoms with Crippen LogP contribution in [0.2, 0.25) is 5.02 Å². The molecule has 0 spiro atoms. The van der Waals surface area contributed by atoms with Crippen molar-refractivity contribution in [2.75, 3.05) is 11.9 Å². The van der Waals surface area contributed by atoms with Crippen LogP contribution < -0.4 is 5.32 Å². The molecule has 0 atom stereocenters. The Labute approximate surface area is 174 Å². The number of anilines is 1. The van der Waals surface area contributed by atoms with E-state index in [9.17, 15) is 12.3 Å². The maximum atomic E-state index is 12.9. The highest BCUT2D eigenvalue weighted by Crippen LogP contribution is 2.28. The predicted octanol–water partition coefficient (Wildman–Crippen LogP) is 5.94. The molecule has 0 heterocycles. The zero-order valence-electron chi connectivity index (χ0n) is 15.4. The summed E-state index contributed by atoms with van der Waals surface area (Å²) < 4.78 is 34.7. The van der Waals surface area contributed by atoms with E-state index >= 15 is 0 Å². The Bertz CT molecular complexity index is 1090. The average molecular weight is 432 g/mol. The third-order valence-corrected chi connectivity index (χ3v) is 5.29. The fourth-order valence-electron chi connectivity index (χ4n) is 2.61. The van der Waals surface area contributed by atoms with Gasteiger partial charge < -0.3 is 5.32 Å². The Morgan fingerprint density at radius 2 is 1.66 bits per heavy atom. The molecule has 0 aliphatic carbocycles. The third kappa shape index (κ3) is 6.37. The van der Waals surface area contributed by atoms with E-state index in [1.807, 2.05) is 42.5 Å². The van der Waals surface area contributed by atoms with E-state index in [-0.39, 0.29) is 5.02 Å². The molecule has 8 heteroatoms. The van der Waals surface area contributed by atoms with Crippen molar-refractivity contribution in [1.29, 1.82) is 0 Å². The van der Waals surface area contributed by atoms with E-state index in [4.69, 9.17) is 11.6 Å². The van der Waals surface area contributed by atoms with Crippen molar-refractivity contribution in [2.45, 2.75) is 17.9 Å². The highest BCUT2D eigenvalue weighted by molar-refractivity contribution is 7.86. The lowest BCUT2D eigenvalue weighted by Crippen LogP contribution is -1.99. The van der Waals surface area contributed by atoms with E-state index in [1.165, 1.54) is 11.6 Å². The molecule has 3 aromatic rings. The average Bonchev–Trinajstić information content (AvgIpc) is 2.71. The van der Waals surface area contributed by atoms with Crippen molar-refractivity contribution in [2.24, 2.45) is 10.2 Å². The van der Waals surface area contributed by atoms with Crippen LogP contribution in [-0.2, 0) is 23.2 Å². The smallest absolute Gasteiger partial charge is 0.332 e. The lowest BCUT2D eigenvalue weighted by atomic mass is 10.1. The van der Waals surface area contributed by atoms with Crippen molar-refractivity contribution in [1.82, 2.24) is 0 Å². The first-order chi connectivity index (χ1) is 13.9. The summed E-state index contributed by atoms with van der Waals surface area (Å²) in [6.07, 6.45) is 0.691. The first kappa shape index (κ1) is 21.0. The Morgan fingerprint density at radius 3 is 2.31 bits per heavy atom. The molecule has 0 aliphatic rings. The standard InChI is InChI=1S/C21H19ClFN3O2S/c22-20-14-19(29(23,27)28)10-11-21(20)26-25-13-12-16-6-8-18(9-7-16)24-15-17-4-2-1-3-5-17/h1-11,14,24H,12-13,15H2. The highest BCUT2D eigenvalue weighted by Gasteiger charge is 2.13. The second-order valence-corrected chi connectivity index (χ2v) is 8.06. The van der Waals surface area contributed by atoms with Gasteiger partial charge in [0.15, 0.2) is 0 Å². The van der Waals surface area contributed by atoms with Crippen molar-refractivity contribution >= 4 is 33.2 Å². The van der Waals surface area contributed by atoms with Gasteiger partial charge in [-0.3, -0.25) is 0 Å². The molecule has 0 amide bonds. The van der Waals surface area contributed by atoms with Crippen LogP contribution in [0, 0.1) is 0 Å². The molecule has 0 fully saturated rings. The molecule has 0 unspecified atom stereocenters. The number of hydrogen-bond donors (Lipinski definition) is 1. The second-order valence-electron chi connectivity index (χ2n) is 6.30. The molecule has 0 saturated carbocycles. The number of rotatable bonds is 8. The molecule has 0 radical (unpaired) electrons. The molecule has 29 heavy (non-hydrogen) atoms. The van der Waals surface area contributed by atoms with Crippen molar-refractivity contribution in [3.8, 4) is 0 Å². The molecule has 150 valence electrons. The number of nitrogens with zero attached hydrogens (tertiary/aromatic N) is 2. The summed E-state index contributed by atoms with van der Waals surface area (Å²) in [4.78, 5) is -0.498. The normalized spacial score (nSPS) is 11.7. The molecule has 1 N–H and O–H groups in total. The van der Waals surface area contributed by atoms with Gasteiger partial charge in [-0.15, -0.1) is 3.89 Å². The van der Waals surface area contributed by atoms with Crippen LogP contribution in [0.3, 0.4) is 0 Å².